The van der Waals surface area contributed by atoms with E-state index >= 15 is 0 Å². The van der Waals surface area contributed by atoms with Crippen LogP contribution in [0.25, 0.3) is 10.9 Å². The quantitative estimate of drug-likeness (QED) is 0.508. The largest absolute Gasteiger partial charge is 0.475 e. The van der Waals surface area contributed by atoms with Crippen molar-refractivity contribution in [3.8, 4) is 0 Å². The van der Waals surface area contributed by atoms with Gasteiger partial charge in [-0.15, -0.1) is 0 Å². The van der Waals surface area contributed by atoms with Crippen LogP contribution in [-0.2, 0) is 4.79 Å². The van der Waals surface area contributed by atoms with Crippen LogP contribution in [0.1, 0.15) is 10.4 Å². The van der Waals surface area contributed by atoms with Crippen molar-refractivity contribution in [2.75, 3.05) is 5.73 Å². The number of carboxylic acids is 1. The molecule has 2 aromatic heterocycles. The van der Waals surface area contributed by atoms with Crippen molar-refractivity contribution in [2.24, 2.45) is 0 Å². The maximum absolute atomic E-state index is 13.4. The molecule has 0 saturated carbocycles. The number of rotatable bonds is 2. The van der Waals surface area contributed by atoms with E-state index < -0.39 is 17.6 Å². The number of fused-ring (bicyclic) bond motifs is 1. The predicted octanol–water partition coefficient (Wildman–Crippen LogP) is 0.552. The number of carboxylic acid groups (broad SMARTS) is 1. The van der Waals surface area contributed by atoms with Gasteiger partial charge in [0.15, 0.2) is 5.82 Å². The number of nitrogens with one attached hydrogen (secondary N) is 1. The van der Waals surface area contributed by atoms with E-state index in [0.717, 1.165) is 12.4 Å². The number of aromatic amines is 1. The summed E-state index contributed by atoms with van der Waals surface area (Å²) < 4.78 is 13.4. The zero-order chi connectivity index (χ0) is 11.9. The zero-order valence-electron chi connectivity index (χ0n) is 7.82. The molecule has 0 bridgehead atoms. The Morgan fingerprint density at radius 2 is 2.19 bits per heavy atom. The Kier molecular flexibility index (Phi) is 2.08. The molecule has 0 aliphatic rings. The Morgan fingerprint density at radius 3 is 2.81 bits per heavy atom. The number of Topliss-reactive ketones (excluding diaryl/α,β-unsaturated/α-hetero) is 1. The van der Waals surface area contributed by atoms with Crippen molar-refractivity contribution in [3.63, 3.8) is 0 Å². The SMILES string of the molecule is Nc1ncc(F)c2c(C(=O)C(=O)O)c[nH]c12. The fourth-order valence-corrected chi connectivity index (χ4v) is 1.42. The van der Waals surface area contributed by atoms with E-state index in [0.29, 0.717) is 0 Å². The molecule has 82 valence electrons. The number of hydrogen-bond acceptors (Lipinski definition) is 4. The minimum Gasteiger partial charge on any atom is -0.475 e. The van der Waals surface area contributed by atoms with Crippen LogP contribution >= 0.6 is 0 Å². The van der Waals surface area contributed by atoms with E-state index in [1.807, 2.05) is 0 Å². The number of aromatic nitrogens is 2. The summed E-state index contributed by atoms with van der Waals surface area (Å²) in [4.78, 5) is 27.8. The van der Waals surface area contributed by atoms with Crippen molar-refractivity contribution < 1.29 is 19.1 Å². The monoisotopic (exact) mass is 223 g/mol. The van der Waals surface area contributed by atoms with Crippen molar-refractivity contribution in [1.29, 1.82) is 0 Å². The molecule has 0 aliphatic carbocycles. The van der Waals surface area contributed by atoms with E-state index in [1.54, 1.807) is 0 Å². The molecule has 0 unspecified atom stereocenters. The molecule has 2 aromatic rings. The standard InChI is InChI=1S/C9H6FN3O3/c10-4-2-13-8(11)6-5(4)3(1-12-6)7(14)9(15)16/h1-2,12H,(H2,11,13)(H,15,16). The lowest BCUT2D eigenvalue weighted by atomic mass is 10.1. The van der Waals surface area contributed by atoms with Crippen LogP contribution in [0.3, 0.4) is 0 Å². The average Bonchev–Trinajstić information content (AvgIpc) is 2.67. The van der Waals surface area contributed by atoms with Crippen LogP contribution in [0.5, 0.6) is 0 Å². The molecule has 0 fully saturated rings. The minimum absolute atomic E-state index is 0.000777. The lowest BCUT2D eigenvalue weighted by Gasteiger charge is -1.98. The Balaban J connectivity index is 2.78. The first-order valence-corrected chi connectivity index (χ1v) is 4.21. The number of carbonyl (C=O) groups is 2. The molecule has 16 heavy (non-hydrogen) atoms. The molecule has 0 atom stereocenters. The zero-order valence-corrected chi connectivity index (χ0v) is 7.82. The second-order valence-corrected chi connectivity index (χ2v) is 3.08. The highest BCUT2D eigenvalue weighted by molar-refractivity contribution is 6.42. The molecular formula is C9H6FN3O3. The summed E-state index contributed by atoms with van der Waals surface area (Å²) in [7, 11) is 0. The van der Waals surface area contributed by atoms with Gasteiger partial charge in [-0.1, -0.05) is 0 Å². The molecule has 0 aromatic carbocycles. The molecular weight excluding hydrogens is 217 g/mol. The van der Waals surface area contributed by atoms with Gasteiger partial charge in [0, 0.05) is 6.20 Å². The number of pyridine rings is 1. The van der Waals surface area contributed by atoms with Crippen molar-refractivity contribution in [3.05, 3.63) is 23.8 Å². The van der Waals surface area contributed by atoms with E-state index in [9.17, 15) is 14.0 Å². The van der Waals surface area contributed by atoms with Gasteiger partial charge in [0.25, 0.3) is 5.78 Å². The topological polar surface area (TPSA) is 109 Å². The molecule has 2 rings (SSSR count). The summed E-state index contributed by atoms with van der Waals surface area (Å²) in [6, 6.07) is 0. The van der Waals surface area contributed by atoms with Crippen molar-refractivity contribution >= 4 is 28.5 Å². The fourth-order valence-electron chi connectivity index (χ4n) is 1.42. The molecule has 2 heterocycles. The highest BCUT2D eigenvalue weighted by Gasteiger charge is 2.22. The van der Waals surface area contributed by atoms with Crippen LogP contribution in [0.4, 0.5) is 10.2 Å². The van der Waals surface area contributed by atoms with Gasteiger partial charge in [-0.3, -0.25) is 4.79 Å². The molecule has 0 aliphatic heterocycles. The summed E-state index contributed by atoms with van der Waals surface area (Å²) in [5, 5.41) is 8.39. The summed E-state index contributed by atoms with van der Waals surface area (Å²) in [5.74, 6) is -3.65. The maximum Gasteiger partial charge on any atom is 0.377 e. The van der Waals surface area contributed by atoms with Gasteiger partial charge >= 0.3 is 5.97 Å². The number of hydrogen-bond donors (Lipinski definition) is 3. The van der Waals surface area contributed by atoms with Crippen LogP contribution < -0.4 is 5.73 Å². The van der Waals surface area contributed by atoms with E-state index in [2.05, 4.69) is 9.97 Å². The van der Waals surface area contributed by atoms with Crippen LogP contribution in [-0.4, -0.2) is 26.8 Å². The number of H-pyrrole nitrogens is 1. The Labute approximate surface area is 87.9 Å². The first-order valence-electron chi connectivity index (χ1n) is 4.21. The van der Waals surface area contributed by atoms with Gasteiger partial charge in [0.05, 0.1) is 22.7 Å². The van der Waals surface area contributed by atoms with Crippen LogP contribution in [0, 0.1) is 5.82 Å². The molecule has 0 radical (unpaired) electrons. The Morgan fingerprint density at radius 1 is 1.50 bits per heavy atom. The summed E-state index contributed by atoms with van der Waals surface area (Å²) in [5.41, 5.74) is 5.29. The maximum atomic E-state index is 13.4. The summed E-state index contributed by atoms with van der Waals surface area (Å²) in [6.45, 7) is 0. The third-order valence-corrected chi connectivity index (χ3v) is 2.13. The third kappa shape index (κ3) is 1.29. The van der Waals surface area contributed by atoms with Gasteiger partial charge in [0.2, 0.25) is 0 Å². The average molecular weight is 223 g/mol. The van der Waals surface area contributed by atoms with E-state index in [4.69, 9.17) is 10.8 Å². The highest BCUT2D eigenvalue weighted by Crippen LogP contribution is 2.24. The van der Waals surface area contributed by atoms with Crippen LogP contribution in [0.15, 0.2) is 12.4 Å². The fraction of sp³-hybridized carbons (Fsp3) is 0. The van der Waals surface area contributed by atoms with Crippen molar-refractivity contribution in [2.45, 2.75) is 0 Å². The van der Waals surface area contributed by atoms with Gasteiger partial charge in [0.1, 0.15) is 5.82 Å². The second-order valence-electron chi connectivity index (χ2n) is 3.08. The third-order valence-electron chi connectivity index (χ3n) is 2.13. The van der Waals surface area contributed by atoms with E-state index in [-0.39, 0.29) is 22.3 Å². The number of ketones is 1. The lowest BCUT2D eigenvalue weighted by molar-refractivity contribution is -0.131. The lowest BCUT2D eigenvalue weighted by Crippen LogP contribution is -2.12. The Hall–Kier alpha value is -2.44. The second kappa shape index (κ2) is 3.30. The first kappa shape index (κ1) is 10.1. The number of nitrogens with two attached hydrogens (primary N) is 1. The van der Waals surface area contributed by atoms with Gasteiger partial charge in [-0.2, -0.15) is 0 Å². The number of nitrogens with zero attached hydrogens (tertiary/aromatic N) is 1. The number of carbonyl (C=O) groups excluding carboxylic acids is 1. The molecule has 0 spiro atoms. The minimum atomic E-state index is -1.66. The van der Waals surface area contributed by atoms with Gasteiger partial charge in [-0.05, 0) is 0 Å². The first-order chi connectivity index (χ1) is 7.52. The summed E-state index contributed by atoms with van der Waals surface area (Å²) >= 11 is 0. The van der Waals surface area contributed by atoms with Crippen LogP contribution in [0.2, 0.25) is 0 Å². The number of anilines is 1. The highest BCUT2D eigenvalue weighted by atomic mass is 19.1. The number of nitrogen functional groups attached to an aromatic ring is 1. The molecule has 7 heteroatoms. The number of halogens is 1. The van der Waals surface area contributed by atoms with Crippen molar-refractivity contribution in [1.82, 2.24) is 9.97 Å². The van der Waals surface area contributed by atoms with Gasteiger partial charge < -0.3 is 15.8 Å². The predicted molar refractivity (Wildman–Crippen MR) is 52.4 cm³/mol. The van der Waals surface area contributed by atoms with E-state index in [1.165, 1.54) is 0 Å². The molecule has 0 amide bonds. The smallest absolute Gasteiger partial charge is 0.377 e. The molecule has 0 saturated heterocycles. The molecule has 4 N–H and O–H groups in total. The molecule has 6 nitrogen and oxygen atoms in total. The number of aliphatic carboxylic acids is 1. The Bertz CT molecular complexity index is 605. The van der Waals surface area contributed by atoms with Gasteiger partial charge in [-0.25, -0.2) is 14.2 Å². The normalized spacial score (nSPS) is 10.6. The summed E-state index contributed by atoms with van der Waals surface area (Å²) in [6.07, 6.45) is 1.94.